The summed E-state index contributed by atoms with van der Waals surface area (Å²) in [4.78, 5) is 25.6. The molecule has 0 aromatic heterocycles. The Morgan fingerprint density at radius 1 is 1.30 bits per heavy atom. The molecule has 2 saturated heterocycles. The van der Waals surface area contributed by atoms with Crippen LogP contribution in [0.25, 0.3) is 0 Å². The van der Waals surface area contributed by atoms with E-state index in [1.165, 1.54) is 19.9 Å². The molecule has 3 unspecified atom stereocenters. The molecular formula is C14H26N4O2. The van der Waals surface area contributed by atoms with Crippen molar-refractivity contribution >= 4 is 11.9 Å². The van der Waals surface area contributed by atoms with E-state index in [9.17, 15) is 9.59 Å². The third kappa shape index (κ3) is 3.49. The summed E-state index contributed by atoms with van der Waals surface area (Å²) < 4.78 is 0. The van der Waals surface area contributed by atoms with Gasteiger partial charge in [0, 0.05) is 13.1 Å². The summed E-state index contributed by atoms with van der Waals surface area (Å²) in [7, 11) is 1.51. The molecule has 6 nitrogen and oxygen atoms in total. The number of rotatable bonds is 3. The van der Waals surface area contributed by atoms with Crippen LogP contribution >= 0.6 is 0 Å². The van der Waals surface area contributed by atoms with Crippen LogP contribution in [0.4, 0.5) is 4.79 Å². The van der Waals surface area contributed by atoms with Crippen LogP contribution in [0.1, 0.15) is 32.6 Å². The van der Waals surface area contributed by atoms with E-state index in [0.29, 0.717) is 12.0 Å². The fourth-order valence-corrected chi connectivity index (χ4v) is 3.44. The van der Waals surface area contributed by atoms with E-state index in [1.807, 2.05) is 6.92 Å². The number of imide groups is 1. The molecule has 2 aliphatic heterocycles. The molecule has 2 rings (SSSR count). The third-order valence-electron chi connectivity index (χ3n) is 4.56. The van der Waals surface area contributed by atoms with Gasteiger partial charge in [0.25, 0.3) is 0 Å². The molecule has 2 fully saturated rings. The summed E-state index contributed by atoms with van der Waals surface area (Å²) in [5, 5.41) is 8.25. The largest absolute Gasteiger partial charge is 0.341 e. The maximum Gasteiger partial charge on any atom is 0.321 e. The summed E-state index contributed by atoms with van der Waals surface area (Å²) in [6.45, 7) is 5.00. The molecule has 114 valence electrons. The Bertz CT molecular complexity index is 355. The van der Waals surface area contributed by atoms with Gasteiger partial charge >= 0.3 is 6.03 Å². The molecule has 0 saturated carbocycles. The van der Waals surface area contributed by atoms with E-state index in [4.69, 9.17) is 0 Å². The zero-order valence-electron chi connectivity index (χ0n) is 12.4. The number of carbonyl (C=O) groups is 2. The minimum atomic E-state index is -0.433. The summed E-state index contributed by atoms with van der Waals surface area (Å²) in [6, 6.07) is -0.216. The molecule has 3 N–H and O–H groups in total. The first-order chi connectivity index (χ1) is 9.63. The van der Waals surface area contributed by atoms with Crippen LogP contribution in [0.5, 0.6) is 0 Å². The van der Waals surface area contributed by atoms with Gasteiger partial charge in [0.2, 0.25) is 5.91 Å². The van der Waals surface area contributed by atoms with Crippen LogP contribution in [-0.2, 0) is 4.79 Å². The number of hydrogen-bond donors (Lipinski definition) is 3. The van der Waals surface area contributed by atoms with Crippen molar-refractivity contribution in [3.05, 3.63) is 0 Å². The van der Waals surface area contributed by atoms with E-state index in [2.05, 4.69) is 20.9 Å². The van der Waals surface area contributed by atoms with Gasteiger partial charge in [-0.2, -0.15) is 0 Å². The first-order valence-corrected chi connectivity index (χ1v) is 7.62. The molecule has 0 radical (unpaired) electrons. The molecule has 3 atom stereocenters. The maximum absolute atomic E-state index is 12.1. The highest BCUT2D eigenvalue weighted by Gasteiger charge is 2.37. The first-order valence-electron chi connectivity index (χ1n) is 7.62. The number of carbonyl (C=O) groups excluding carboxylic acids is 2. The molecule has 6 heteroatoms. The van der Waals surface area contributed by atoms with Crippen LogP contribution in [-0.4, -0.2) is 55.6 Å². The first kappa shape index (κ1) is 15.3. The number of urea groups is 1. The summed E-state index contributed by atoms with van der Waals surface area (Å²) >= 11 is 0. The molecule has 3 amide bonds. The van der Waals surface area contributed by atoms with Crippen molar-refractivity contribution in [1.82, 2.24) is 20.9 Å². The van der Waals surface area contributed by atoms with Gasteiger partial charge in [-0.3, -0.25) is 15.0 Å². The monoisotopic (exact) mass is 282 g/mol. The average Bonchev–Trinajstić information content (AvgIpc) is 2.96. The van der Waals surface area contributed by atoms with E-state index >= 15 is 0 Å². The van der Waals surface area contributed by atoms with Crippen LogP contribution in [0.3, 0.4) is 0 Å². The van der Waals surface area contributed by atoms with Gasteiger partial charge in [-0.05, 0) is 58.2 Å². The molecule has 0 aromatic carbocycles. The lowest BCUT2D eigenvalue weighted by atomic mass is 9.89. The lowest BCUT2D eigenvalue weighted by molar-refractivity contribution is -0.125. The number of hydrogen-bond acceptors (Lipinski definition) is 4. The van der Waals surface area contributed by atoms with Gasteiger partial charge in [0.1, 0.15) is 0 Å². The highest BCUT2D eigenvalue weighted by atomic mass is 16.2. The molecule has 2 heterocycles. The number of piperidine rings is 1. The average molecular weight is 282 g/mol. The quantitative estimate of drug-likeness (QED) is 0.696. The zero-order valence-corrected chi connectivity index (χ0v) is 12.4. The van der Waals surface area contributed by atoms with E-state index in [0.717, 1.165) is 32.5 Å². The van der Waals surface area contributed by atoms with Gasteiger partial charge in [-0.25, -0.2) is 4.79 Å². The van der Waals surface area contributed by atoms with Crippen LogP contribution < -0.4 is 16.0 Å². The second-order valence-corrected chi connectivity index (χ2v) is 5.80. The number of nitrogens with one attached hydrogen (secondary N) is 3. The molecule has 0 aromatic rings. The Balaban J connectivity index is 1.94. The lowest BCUT2D eigenvalue weighted by Crippen LogP contribution is -2.53. The predicted octanol–water partition coefficient (Wildman–Crippen LogP) is 0.295. The number of amides is 3. The standard InChI is InChI=1S/C14H26N4O2/c1-10(13(19)17-14(20)15-2)18-8-4-6-12(18)11-5-3-7-16-9-11/h10-12,16H,3-9H2,1-2H3,(H2,15,17,19,20). The SMILES string of the molecule is CNC(=O)NC(=O)C(C)N1CCCC1C1CCCNC1. The van der Waals surface area contributed by atoms with Gasteiger partial charge in [0.05, 0.1) is 6.04 Å². The fraction of sp³-hybridized carbons (Fsp3) is 0.857. The molecule has 2 aliphatic rings. The summed E-state index contributed by atoms with van der Waals surface area (Å²) in [6.07, 6.45) is 4.74. The molecular weight excluding hydrogens is 256 g/mol. The molecule has 0 aliphatic carbocycles. The number of nitrogens with zero attached hydrogens (tertiary/aromatic N) is 1. The smallest absolute Gasteiger partial charge is 0.321 e. The van der Waals surface area contributed by atoms with Crippen molar-refractivity contribution in [3.63, 3.8) is 0 Å². The third-order valence-corrected chi connectivity index (χ3v) is 4.56. The van der Waals surface area contributed by atoms with Crippen molar-refractivity contribution in [2.45, 2.75) is 44.7 Å². The Morgan fingerprint density at radius 3 is 2.75 bits per heavy atom. The van der Waals surface area contributed by atoms with Crippen molar-refractivity contribution in [1.29, 1.82) is 0 Å². The van der Waals surface area contributed by atoms with Crippen LogP contribution in [0.2, 0.25) is 0 Å². The van der Waals surface area contributed by atoms with Gasteiger partial charge in [-0.1, -0.05) is 0 Å². The van der Waals surface area contributed by atoms with Gasteiger partial charge in [-0.15, -0.1) is 0 Å². The maximum atomic E-state index is 12.1. The molecule has 20 heavy (non-hydrogen) atoms. The second kappa shape index (κ2) is 7.04. The Hall–Kier alpha value is -1.14. The van der Waals surface area contributed by atoms with E-state index in [-0.39, 0.29) is 11.9 Å². The summed E-state index contributed by atoms with van der Waals surface area (Å²) in [5.41, 5.74) is 0. The van der Waals surface area contributed by atoms with Crippen molar-refractivity contribution < 1.29 is 9.59 Å². The predicted molar refractivity (Wildman–Crippen MR) is 77.4 cm³/mol. The summed E-state index contributed by atoms with van der Waals surface area (Å²) in [5.74, 6) is 0.418. The highest BCUT2D eigenvalue weighted by molar-refractivity contribution is 5.96. The lowest BCUT2D eigenvalue weighted by Gasteiger charge is -2.36. The minimum absolute atomic E-state index is 0.208. The Labute approximate surface area is 120 Å². The minimum Gasteiger partial charge on any atom is -0.341 e. The second-order valence-electron chi connectivity index (χ2n) is 5.80. The molecule has 0 bridgehead atoms. The fourth-order valence-electron chi connectivity index (χ4n) is 3.44. The van der Waals surface area contributed by atoms with E-state index in [1.54, 1.807) is 0 Å². The van der Waals surface area contributed by atoms with Gasteiger partial charge < -0.3 is 10.6 Å². The zero-order chi connectivity index (χ0) is 14.5. The van der Waals surface area contributed by atoms with Gasteiger partial charge in [0.15, 0.2) is 0 Å². The van der Waals surface area contributed by atoms with Crippen molar-refractivity contribution in [2.75, 3.05) is 26.7 Å². The topological polar surface area (TPSA) is 73.5 Å². The van der Waals surface area contributed by atoms with Crippen molar-refractivity contribution in [3.8, 4) is 0 Å². The molecule has 0 spiro atoms. The Morgan fingerprint density at radius 2 is 2.10 bits per heavy atom. The van der Waals surface area contributed by atoms with Crippen LogP contribution in [0.15, 0.2) is 0 Å². The number of likely N-dealkylation sites (tertiary alicyclic amines) is 1. The highest BCUT2D eigenvalue weighted by Crippen LogP contribution is 2.29. The van der Waals surface area contributed by atoms with Crippen LogP contribution in [0, 0.1) is 5.92 Å². The Kier molecular flexibility index (Phi) is 5.37. The van der Waals surface area contributed by atoms with Crippen molar-refractivity contribution in [2.24, 2.45) is 5.92 Å². The normalized spacial score (nSPS) is 28.9. The van der Waals surface area contributed by atoms with E-state index < -0.39 is 6.03 Å².